The lowest BCUT2D eigenvalue weighted by atomic mass is 10.1. The monoisotopic (exact) mass is 227 g/mol. The average Bonchev–Trinajstić information content (AvgIpc) is 2.69. The summed E-state index contributed by atoms with van der Waals surface area (Å²) in [5.41, 5.74) is 4.96. The highest BCUT2D eigenvalue weighted by molar-refractivity contribution is 6.27. The average molecular weight is 228 g/mol. The summed E-state index contributed by atoms with van der Waals surface area (Å²) < 4.78 is 0. The van der Waals surface area contributed by atoms with E-state index in [0.717, 1.165) is 16.6 Å². The van der Waals surface area contributed by atoms with Gasteiger partial charge in [-0.15, -0.1) is 0 Å². The molecule has 78 valence electrons. The Balaban J connectivity index is 2.48. The highest BCUT2D eigenvalue weighted by atomic mass is 35.5. The Kier molecular flexibility index (Phi) is 2.19. The van der Waals surface area contributed by atoms with Gasteiger partial charge in [0.05, 0.1) is 5.52 Å². The molecule has 0 radical (unpaired) electrons. The second kappa shape index (κ2) is 3.69. The lowest BCUT2D eigenvalue weighted by Gasteiger charge is -1.95. The number of rotatable bonds is 1. The van der Waals surface area contributed by atoms with Crippen molar-refractivity contribution in [3.8, 4) is 0 Å². The summed E-state index contributed by atoms with van der Waals surface area (Å²) in [5.74, 6) is 0. The Morgan fingerprint density at radius 1 is 0.938 bits per heavy atom. The lowest BCUT2D eigenvalue weighted by molar-refractivity contribution is 1.53. The largest absolute Gasteiger partial charge is 0.354 e. The predicted octanol–water partition coefficient (Wildman–Crippen LogP) is 4.53. The fourth-order valence-corrected chi connectivity index (χ4v) is 2.24. The van der Waals surface area contributed by atoms with Crippen molar-refractivity contribution in [2.45, 2.75) is 0 Å². The first kappa shape index (κ1) is 9.49. The maximum absolute atomic E-state index is 5.64. The van der Waals surface area contributed by atoms with E-state index in [-0.39, 0.29) is 0 Å². The molecule has 1 nitrogen and oxygen atoms in total. The molecule has 3 aromatic rings. The predicted molar refractivity (Wildman–Crippen MR) is 70.7 cm³/mol. The van der Waals surface area contributed by atoms with Gasteiger partial charge >= 0.3 is 0 Å². The third kappa shape index (κ3) is 1.33. The van der Waals surface area contributed by atoms with Gasteiger partial charge in [-0.05, 0) is 17.7 Å². The van der Waals surface area contributed by atoms with Crippen molar-refractivity contribution in [3.63, 3.8) is 0 Å². The number of hydrogen-bond acceptors (Lipinski definition) is 0. The van der Waals surface area contributed by atoms with Crippen molar-refractivity contribution >= 4 is 39.5 Å². The molecule has 2 heteroatoms. The van der Waals surface area contributed by atoms with Crippen LogP contribution in [-0.2, 0) is 0 Å². The summed E-state index contributed by atoms with van der Waals surface area (Å²) in [4.78, 5) is 3.42. The number of benzene rings is 2. The van der Waals surface area contributed by atoms with E-state index < -0.39 is 0 Å². The van der Waals surface area contributed by atoms with E-state index in [1.807, 2.05) is 12.1 Å². The normalized spacial score (nSPS) is 11.8. The number of H-pyrrole nitrogens is 1. The molecule has 0 aliphatic rings. The summed E-state index contributed by atoms with van der Waals surface area (Å²) >= 11 is 5.64. The number of halogens is 1. The van der Waals surface area contributed by atoms with Gasteiger partial charge in [0, 0.05) is 21.8 Å². The Bertz CT molecular complexity index is 679. The fraction of sp³-hybridized carbons (Fsp3) is 0. The molecule has 0 saturated heterocycles. The highest BCUT2D eigenvalue weighted by Gasteiger charge is 2.04. The van der Waals surface area contributed by atoms with Crippen molar-refractivity contribution in [1.82, 2.24) is 4.98 Å². The minimum absolute atomic E-state index is 1.11. The highest BCUT2D eigenvalue weighted by Crippen LogP contribution is 2.27. The Morgan fingerprint density at radius 3 is 2.62 bits per heavy atom. The van der Waals surface area contributed by atoms with E-state index in [1.54, 1.807) is 5.54 Å². The smallest absolute Gasteiger partial charge is 0.0538 e. The van der Waals surface area contributed by atoms with Gasteiger partial charge in [-0.2, -0.15) is 0 Å². The van der Waals surface area contributed by atoms with Crippen LogP contribution in [0.25, 0.3) is 27.9 Å². The molecule has 0 amide bonds. The minimum atomic E-state index is 1.11. The van der Waals surface area contributed by atoms with Crippen LogP contribution >= 0.6 is 11.6 Å². The third-order valence-corrected chi connectivity index (χ3v) is 2.94. The summed E-state index contributed by atoms with van der Waals surface area (Å²) in [6, 6.07) is 14.5. The Morgan fingerprint density at radius 2 is 1.75 bits per heavy atom. The topological polar surface area (TPSA) is 15.8 Å². The number of fused-ring (bicyclic) bond motifs is 3. The zero-order valence-electron chi connectivity index (χ0n) is 8.57. The number of para-hydroxylation sites is 2. The fourth-order valence-electron chi connectivity index (χ4n) is 2.10. The molecule has 16 heavy (non-hydrogen) atoms. The lowest BCUT2D eigenvalue weighted by Crippen LogP contribution is -1.74. The molecule has 1 heterocycles. The van der Waals surface area contributed by atoms with Gasteiger partial charge in [-0.1, -0.05) is 48.0 Å². The third-order valence-electron chi connectivity index (χ3n) is 2.82. The quantitative estimate of drug-likeness (QED) is 0.629. The molecule has 0 saturated carbocycles. The first-order chi connectivity index (χ1) is 7.90. The van der Waals surface area contributed by atoms with Gasteiger partial charge in [-0.3, -0.25) is 0 Å². The number of nitrogens with one attached hydrogen (secondary N) is 1. The number of aromatic nitrogens is 1. The van der Waals surface area contributed by atoms with Gasteiger partial charge in [0.25, 0.3) is 0 Å². The number of aromatic amines is 1. The van der Waals surface area contributed by atoms with Crippen molar-refractivity contribution in [1.29, 1.82) is 0 Å². The summed E-state index contributed by atoms with van der Waals surface area (Å²) in [6.07, 6.45) is 1.90. The molecular formula is C14H10ClN. The molecular weight excluding hydrogens is 218 g/mol. The van der Waals surface area contributed by atoms with E-state index in [4.69, 9.17) is 11.6 Å². The molecule has 0 fully saturated rings. The second-order valence-corrected chi connectivity index (χ2v) is 3.99. The maximum Gasteiger partial charge on any atom is 0.0538 e. The zero-order chi connectivity index (χ0) is 11.0. The number of hydrogen-bond donors (Lipinski definition) is 1. The van der Waals surface area contributed by atoms with Crippen molar-refractivity contribution in [3.05, 3.63) is 53.6 Å². The van der Waals surface area contributed by atoms with Crippen molar-refractivity contribution in [2.24, 2.45) is 0 Å². The van der Waals surface area contributed by atoms with Gasteiger partial charge in [-0.25, -0.2) is 0 Å². The summed E-state index contributed by atoms with van der Waals surface area (Å²) in [6.45, 7) is 0. The summed E-state index contributed by atoms with van der Waals surface area (Å²) in [7, 11) is 0. The van der Waals surface area contributed by atoms with Crippen LogP contribution in [-0.4, -0.2) is 4.98 Å². The molecule has 0 aliphatic carbocycles. The van der Waals surface area contributed by atoms with Crippen LogP contribution in [0.5, 0.6) is 0 Å². The van der Waals surface area contributed by atoms with Gasteiger partial charge in [0.1, 0.15) is 0 Å². The molecule has 1 aromatic heterocycles. The molecule has 3 rings (SSSR count). The molecule has 0 bridgehead atoms. The van der Waals surface area contributed by atoms with Crippen LogP contribution in [0.1, 0.15) is 5.56 Å². The SMILES string of the molecule is ClC=Cc1cccc2c1[nH]c1ccccc12. The molecule has 0 aliphatic heterocycles. The first-order valence-corrected chi connectivity index (χ1v) is 5.60. The van der Waals surface area contributed by atoms with Crippen LogP contribution in [0, 0.1) is 0 Å². The maximum atomic E-state index is 5.64. The van der Waals surface area contributed by atoms with Gasteiger partial charge in [0.15, 0.2) is 0 Å². The van der Waals surface area contributed by atoms with E-state index in [0.29, 0.717) is 0 Å². The van der Waals surface area contributed by atoms with Crippen LogP contribution < -0.4 is 0 Å². The van der Waals surface area contributed by atoms with Crippen molar-refractivity contribution in [2.75, 3.05) is 0 Å². The van der Waals surface area contributed by atoms with Gasteiger partial charge in [0.2, 0.25) is 0 Å². The molecule has 2 aromatic carbocycles. The second-order valence-electron chi connectivity index (χ2n) is 3.73. The summed E-state index contributed by atoms with van der Waals surface area (Å²) in [5, 5.41) is 2.49. The van der Waals surface area contributed by atoms with E-state index in [1.165, 1.54) is 10.8 Å². The molecule has 1 N–H and O–H groups in total. The van der Waals surface area contributed by atoms with E-state index in [2.05, 4.69) is 41.4 Å². The van der Waals surface area contributed by atoms with Crippen LogP contribution in [0.15, 0.2) is 48.0 Å². The molecule has 0 spiro atoms. The standard InChI is InChI=1S/C14H10ClN/c15-9-8-10-4-3-6-12-11-5-1-2-7-13(11)16-14(10)12/h1-9,16H. The first-order valence-electron chi connectivity index (χ1n) is 5.16. The molecule has 0 atom stereocenters. The Hall–Kier alpha value is -1.73. The Labute approximate surface area is 98.3 Å². The minimum Gasteiger partial charge on any atom is -0.354 e. The van der Waals surface area contributed by atoms with Crippen LogP contribution in [0.4, 0.5) is 0 Å². The van der Waals surface area contributed by atoms with E-state index in [9.17, 15) is 0 Å². The molecule has 0 unspecified atom stereocenters. The van der Waals surface area contributed by atoms with Gasteiger partial charge < -0.3 is 4.98 Å². The zero-order valence-corrected chi connectivity index (χ0v) is 9.33. The van der Waals surface area contributed by atoms with Crippen LogP contribution in [0.3, 0.4) is 0 Å². The van der Waals surface area contributed by atoms with Crippen molar-refractivity contribution < 1.29 is 0 Å². The van der Waals surface area contributed by atoms with Crippen LogP contribution in [0.2, 0.25) is 0 Å². The van der Waals surface area contributed by atoms with E-state index >= 15 is 0 Å².